The molecule has 5 heteroatoms. The van der Waals surface area contributed by atoms with Crippen LogP contribution in [0.2, 0.25) is 0 Å². The molecule has 0 aliphatic carbocycles. The molecule has 2 atom stereocenters. The van der Waals surface area contributed by atoms with Crippen molar-refractivity contribution in [2.24, 2.45) is 0 Å². The number of thiazole rings is 1. The van der Waals surface area contributed by atoms with Gasteiger partial charge in [-0.3, -0.25) is 4.90 Å². The molecular formula is C15H18N2OS2. The van der Waals surface area contributed by atoms with Crippen LogP contribution in [-0.4, -0.2) is 35.6 Å². The molecule has 2 fully saturated rings. The molecule has 0 N–H and O–H groups in total. The highest BCUT2D eigenvalue weighted by Gasteiger charge is 2.34. The van der Waals surface area contributed by atoms with Crippen LogP contribution in [0.15, 0.2) is 17.5 Å². The van der Waals surface area contributed by atoms with E-state index in [0.717, 1.165) is 23.9 Å². The number of aromatic nitrogens is 1. The maximum absolute atomic E-state index is 6.04. The molecule has 0 bridgehead atoms. The number of hydrogen-bond acceptors (Lipinski definition) is 5. The van der Waals surface area contributed by atoms with E-state index < -0.39 is 0 Å². The molecule has 2 saturated heterocycles. The Hall–Kier alpha value is -0.750. The van der Waals surface area contributed by atoms with Gasteiger partial charge in [-0.1, -0.05) is 0 Å². The first-order valence-corrected chi connectivity index (χ1v) is 8.87. The average molecular weight is 306 g/mol. The third-order valence-electron chi connectivity index (χ3n) is 4.18. The van der Waals surface area contributed by atoms with E-state index in [2.05, 4.69) is 29.3 Å². The fourth-order valence-electron chi connectivity index (χ4n) is 3.09. The van der Waals surface area contributed by atoms with Crippen LogP contribution in [0.3, 0.4) is 0 Å². The first-order valence-electron chi connectivity index (χ1n) is 7.17. The number of ether oxygens (including phenoxy) is 1. The summed E-state index contributed by atoms with van der Waals surface area (Å²) < 4.78 is 6.04. The predicted molar refractivity (Wildman–Crippen MR) is 83.5 cm³/mol. The summed E-state index contributed by atoms with van der Waals surface area (Å²) in [6.07, 6.45) is 2.78. The Morgan fingerprint density at radius 2 is 2.35 bits per heavy atom. The van der Waals surface area contributed by atoms with Crippen LogP contribution in [0.1, 0.15) is 28.8 Å². The van der Waals surface area contributed by atoms with Crippen LogP contribution >= 0.6 is 22.7 Å². The topological polar surface area (TPSA) is 25.4 Å². The first kappa shape index (κ1) is 13.0. The Bertz CT molecular complexity index is 607. The van der Waals surface area contributed by atoms with Crippen molar-refractivity contribution in [2.45, 2.75) is 31.9 Å². The third kappa shape index (κ3) is 2.33. The zero-order valence-corrected chi connectivity index (χ0v) is 13.2. The summed E-state index contributed by atoms with van der Waals surface area (Å²) >= 11 is 3.55. The highest BCUT2D eigenvalue weighted by atomic mass is 32.1. The third-order valence-corrected chi connectivity index (χ3v) is 6.14. The lowest BCUT2D eigenvalue weighted by atomic mass is 10.2. The normalized spacial score (nSPS) is 26.9. The molecule has 2 aliphatic rings. The second-order valence-corrected chi connectivity index (χ2v) is 7.77. The van der Waals surface area contributed by atoms with Gasteiger partial charge in [0.1, 0.15) is 11.1 Å². The van der Waals surface area contributed by atoms with E-state index in [1.165, 1.54) is 29.1 Å². The van der Waals surface area contributed by atoms with E-state index in [9.17, 15) is 0 Å². The molecule has 0 spiro atoms. The number of morpholine rings is 1. The largest absolute Gasteiger partial charge is 0.368 e. The summed E-state index contributed by atoms with van der Waals surface area (Å²) in [4.78, 5) is 9.98. The molecule has 20 heavy (non-hydrogen) atoms. The van der Waals surface area contributed by atoms with Crippen LogP contribution < -0.4 is 0 Å². The number of hydrogen-bond donors (Lipinski definition) is 0. The van der Waals surface area contributed by atoms with Crippen molar-refractivity contribution < 1.29 is 4.74 Å². The van der Waals surface area contributed by atoms with Crippen molar-refractivity contribution in [1.29, 1.82) is 0 Å². The predicted octanol–water partition coefficient (Wildman–Crippen LogP) is 3.72. The molecule has 0 saturated carbocycles. The van der Waals surface area contributed by atoms with Gasteiger partial charge in [-0.15, -0.1) is 22.7 Å². The van der Waals surface area contributed by atoms with Crippen LogP contribution in [0.5, 0.6) is 0 Å². The number of thiophene rings is 1. The highest BCUT2D eigenvalue weighted by Crippen LogP contribution is 2.34. The summed E-state index contributed by atoms with van der Waals surface area (Å²) in [6, 6.07) is 4.98. The maximum Gasteiger partial charge on any atom is 0.124 e. The van der Waals surface area contributed by atoms with Gasteiger partial charge in [-0.05, 0) is 38.4 Å². The molecule has 2 aromatic heterocycles. The standard InChI is InChI=1S/C15H18N2OS2/c1-10-4-5-14(20-10)12-9-19-15(16-12)13-7-17-6-2-3-11(17)8-18-13/h4-5,9,11,13H,2-3,6-8H2,1H3/t11-,13-/m1/s1. The zero-order valence-electron chi connectivity index (χ0n) is 11.5. The van der Waals surface area contributed by atoms with Crippen LogP contribution in [0.4, 0.5) is 0 Å². The molecule has 2 aromatic rings. The lowest BCUT2D eigenvalue weighted by molar-refractivity contribution is -0.0502. The van der Waals surface area contributed by atoms with Gasteiger partial charge < -0.3 is 4.74 Å². The van der Waals surface area contributed by atoms with Crippen LogP contribution in [0, 0.1) is 6.92 Å². The van der Waals surface area contributed by atoms with Crippen molar-refractivity contribution in [3.63, 3.8) is 0 Å². The van der Waals surface area contributed by atoms with Gasteiger partial charge in [0.15, 0.2) is 0 Å². The van der Waals surface area contributed by atoms with E-state index >= 15 is 0 Å². The molecule has 2 aliphatic heterocycles. The minimum atomic E-state index is 0.171. The molecule has 106 valence electrons. The Morgan fingerprint density at radius 1 is 1.40 bits per heavy atom. The molecule has 0 aromatic carbocycles. The lowest BCUT2D eigenvalue weighted by Crippen LogP contribution is -2.42. The number of rotatable bonds is 2. The molecule has 4 rings (SSSR count). The molecule has 0 unspecified atom stereocenters. The van der Waals surface area contributed by atoms with Gasteiger partial charge in [0.2, 0.25) is 0 Å². The Balaban J connectivity index is 1.53. The van der Waals surface area contributed by atoms with E-state index in [4.69, 9.17) is 9.72 Å². The lowest BCUT2D eigenvalue weighted by Gasteiger charge is -2.34. The molecule has 3 nitrogen and oxygen atoms in total. The summed E-state index contributed by atoms with van der Waals surface area (Å²) in [5.41, 5.74) is 1.11. The van der Waals surface area contributed by atoms with Crippen molar-refractivity contribution in [2.75, 3.05) is 19.7 Å². The average Bonchev–Trinajstić information content (AvgIpc) is 3.17. The van der Waals surface area contributed by atoms with E-state index in [-0.39, 0.29) is 6.10 Å². The number of nitrogens with zero attached hydrogens (tertiary/aromatic N) is 2. The zero-order chi connectivity index (χ0) is 13.5. The van der Waals surface area contributed by atoms with Gasteiger partial charge >= 0.3 is 0 Å². The second-order valence-electron chi connectivity index (χ2n) is 5.59. The molecule has 0 amide bonds. The van der Waals surface area contributed by atoms with E-state index in [0.29, 0.717) is 6.04 Å². The smallest absolute Gasteiger partial charge is 0.124 e. The van der Waals surface area contributed by atoms with Crippen molar-refractivity contribution >= 4 is 22.7 Å². The Kier molecular flexibility index (Phi) is 3.38. The van der Waals surface area contributed by atoms with Gasteiger partial charge in [0.05, 0.1) is 17.2 Å². The van der Waals surface area contributed by atoms with Crippen LogP contribution in [0.25, 0.3) is 10.6 Å². The maximum atomic E-state index is 6.04. The second kappa shape index (κ2) is 5.22. The number of fused-ring (bicyclic) bond motifs is 1. The first-order chi connectivity index (χ1) is 9.79. The van der Waals surface area contributed by atoms with Gasteiger partial charge in [-0.25, -0.2) is 4.98 Å². The minimum absolute atomic E-state index is 0.171. The molecular weight excluding hydrogens is 288 g/mol. The fraction of sp³-hybridized carbons (Fsp3) is 0.533. The summed E-state index contributed by atoms with van der Waals surface area (Å²) in [5, 5.41) is 3.30. The summed E-state index contributed by atoms with van der Waals surface area (Å²) in [7, 11) is 0. The molecule has 0 radical (unpaired) electrons. The van der Waals surface area contributed by atoms with Gasteiger partial charge in [-0.2, -0.15) is 0 Å². The fourth-order valence-corrected chi connectivity index (χ4v) is 4.85. The highest BCUT2D eigenvalue weighted by molar-refractivity contribution is 7.16. The minimum Gasteiger partial charge on any atom is -0.368 e. The number of aryl methyl sites for hydroxylation is 1. The Labute approximate surface area is 127 Å². The van der Waals surface area contributed by atoms with Gasteiger partial charge in [0, 0.05) is 22.8 Å². The van der Waals surface area contributed by atoms with Crippen molar-refractivity contribution in [3.05, 3.63) is 27.4 Å². The molecule has 4 heterocycles. The van der Waals surface area contributed by atoms with E-state index in [1.54, 1.807) is 11.3 Å². The Morgan fingerprint density at radius 3 is 3.20 bits per heavy atom. The summed E-state index contributed by atoms with van der Waals surface area (Å²) in [6.45, 7) is 5.25. The van der Waals surface area contributed by atoms with Gasteiger partial charge in [0.25, 0.3) is 0 Å². The monoisotopic (exact) mass is 306 g/mol. The quantitative estimate of drug-likeness (QED) is 0.845. The van der Waals surface area contributed by atoms with Crippen molar-refractivity contribution in [1.82, 2.24) is 9.88 Å². The van der Waals surface area contributed by atoms with Crippen LogP contribution in [-0.2, 0) is 4.74 Å². The SMILES string of the molecule is Cc1ccc(-c2csc([C@H]3CN4CCC[C@@H]4CO3)n2)s1. The van der Waals surface area contributed by atoms with Crippen molar-refractivity contribution in [3.8, 4) is 10.6 Å². The summed E-state index contributed by atoms with van der Waals surface area (Å²) in [5.74, 6) is 0. The van der Waals surface area contributed by atoms with E-state index in [1.807, 2.05) is 11.3 Å².